The zero-order valence-corrected chi connectivity index (χ0v) is 7.08. The van der Waals surface area contributed by atoms with Crippen LogP contribution >= 0.6 is 0 Å². The Labute approximate surface area is 77.3 Å². The summed E-state index contributed by atoms with van der Waals surface area (Å²) in [4.78, 5) is 20.1. The fraction of sp³-hybridized carbons (Fsp3) is 0.125. The van der Waals surface area contributed by atoms with Gasteiger partial charge in [0, 0.05) is 0 Å². The van der Waals surface area contributed by atoms with Gasteiger partial charge in [-0.2, -0.15) is 4.39 Å². The molecule has 0 aliphatic heterocycles. The second-order valence-electron chi connectivity index (χ2n) is 2.57. The molecule has 0 heterocycles. The molecule has 0 radical (unpaired) electrons. The number of Topliss-reactive ketones (excluding diaryl/α,β-unsaturated/α-hetero) is 1. The van der Waals surface area contributed by atoms with Crippen molar-refractivity contribution in [3.05, 3.63) is 39.4 Å². The summed E-state index contributed by atoms with van der Waals surface area (Å²) in [5.74, 6) is -3.64. The number of carbonyl (C=O) groups is 1. The Balaban J connectivity index is 3.53. The van der Waals surface area contributed by atoms with Crippen LogP contribution in [0.25, 0.3) is 0 Å². The molecule has 0 aliphatic carbocycles. The number of halogens is 2. The number of hydrogen-bond acceptors (Lipinski definition) is 3. The Morgan fingerprint density at radius 2 is 2.00 bits per heavy atom. The van der Waals surface area contributed by atoms with Crippen LogP contribution in [-0.2, 0) is 0 Å². The molecule has 1 rings (SSSR count). The Morgan fingerprint density at radius 1 is 1.43 bits per heavy atom. The van der Waals surface area contributed by atoms with Crippen molar-refractivity contribution in [3.8, 4) is 0 Å². The largest absolute Gasteiger partial charge is 0.318 e. The van der Waals surface area contributed by atoms with Gasteiger partial charge in [0.1, 0.15) is 0 Å². The van der Waals surface area contributed by atoms with Gasteiger partial charge in [-0.1, -0.05) is 0 Å². The van der Waals surface area contributed by atoms with Crippen LogP contribution in [0.2, 0.25) is 0 Å². The van der Waals surface area contributed by atoms with Gasteiger partial charge in [0.05, 0.1) is 10.5 Å². The monoisotopic (exact) mass is 201 g/mol. The molecule has 0 aromatic heterocycles. The summed E-state index contributed by atoms with van der Waals surface area (Å²) in [7, 11) is 0. The summed E-state index contributed by atoms with van der Waals surface area (Å²) < 4.78 is 25.5. The normalized spacial score (nSPS) is 9.93. The van der Waals surface area contributed by atoms with Crippen molar-refractivity contribution in [2.75, 3.05) is 0 Å². The maximum absolute atomic E-state index is 12.9. The number of nitro groups is 1. The predicted molar refractivity (Wildman–Crippen MR) is 43.0 cm³/mol. The van der Waals surface area contributed by atoms with Crippen LogP contribution in [0.3, 0.4) is 0 Å². The van der Waals surface area contributed by atoms with Crippen LogP contribution in [-0.4, -0.2) is 10.7 Å². The van der Waals surface area contributed by atoms with Gasteiger partial charge in [-0.05, 0) is 19.1 Å². The van der Waals surface area contributed by atoms with E-state index in [2.05, 4.69) is 0 Å². The summed E-state index contributed by atoms with van der Waals surface area (Å²) in [5.41, 5.74) is -1.55. The van der Waals surface area contributed by atoms with Crippen LogP contribution in [0, 0.1) is 21.7 Å². The van der Waals surface area contributed by atoms with E-state index in [1.54, 1.807) is 0 Å². The van der Waals surface area contributed by atoms with Crippen LogP contribution < -0.4 is 0 Å². The van der Waals surface area contributed by atoms with Gasteiger partial charge in [-0.15, -0.1) is 0 Å². The fourth-order valence-electron chi connectivity index (χ4n) is 1.00. The zero-order chi connectivity index (χ0) is 10.9. The van der Waals surface area contributed by atoms with Gasteiger partial charge < -0.3 is 0 Å². The van der Waals surface area contributed by atoms with Crippen molar-refractivity contribution in [2.45, 2.75) is 6.92 Å². The summed E-state index contributed by atoms with van der Waals surface area (Å²) in [6.07, 6.45) is 0. The third-order valence-corrected chi connectivity index (χ3v) is 1.63. The molecule has 0 saturated carbocycles. The van der Waals surface area contributed by atoms with Crippen LogP contribution in [0.5, 0.6) is 0 Å². The predicted octanol–water partition coefficient (Wildman–Crippen LogP) is 2.08. The highest BCUT2D eigenvalue weighted by Gasteiger charge is 2.25. The molecule has 14 heavy (non-hydrogen) atoms. The topological polar surface area (TPSA) is 60.2 Å². The number of ketones is 1. The third-order valence-electron chi connectivity index (χ3n) is 1.63. The van der Waals surface area contributed by atoms with Gasteiger partial charge >= 0.3 is 5.69 Å². The first-order valence-corrected chi connectivity index (χ1v) is 3.58. The molecule has 1 aromatic carbocycles. The highest BCUT2D eigenvalue weighted by atomic mass is 19.2. The molecule has 0 amide bonds. The van der Waals surface area contributed by atoms with Gasteiger partial charge in [0.2, 0.25) is 5.82 Å². The number of nitro benzene ring substituents is 1. The minimum atomic E-state index is -1.61. The zero-order valence-electron chi connectivity index (χ0n) is 7.08. The second kappa shape index (κ2) is 3.49. The number of carbonyl (C=O) groups excluding carboxylic acids is 1. The standard InChI is InChI=1S/C8H5F2NO3/c1-4(12)5-2-3-6(9)7(10)8(5)11(13)14/h2-3H,1H3. The molecule has 1 aromatic rings. The van der Waals surface area contributed by atoms with Crippen molar-refractivity contribution >= 4 is 11.5 Å². The SMILES string of the molecule is CC(=O)c1ccc(F)c(F)c1[N+](=O)[O-]. The van der Waals surface area contributed by atoms with E-state index in [1.807, 2.05) is 0 Å². The first-order chi connectivity index (χ1) is 6.45. The van der Waals surface area contributed by atoms with E-state index in [0.717, 1.165) is 13.0 Å². The van der Waals surface area contributed by atoms with Crippen molar-refractivity contribution < 1.29 is 18.5 Å². The van der Waals surface area contributed by atoms with Crippen molar-refractivity contribution in [1.82, 2.24) is 0 Å². The van der Waals surface area contributed by atoms with E-state index in [1.165, 1.54) is 0 Å². The summed E-state index contributed by atoms with van der Waals surface area (Å²) in [6, 6.07) is 1.57. The molecule has 0 unspecified atom stereocenters. The number of rotatable bonds is 2. The molecule has 0 bridgehead atoms. The molecular weight excluding hydrogens is 196 g/mol. The average molecular weight is 201 g/mol. The van der Waals surface area contributed by atoms with Crippen LogP contribution in [0.1, 0.15) is 17.3 Å². The maximum Gasteiger partial charge on any atom is 0.318 e. The van der Waals surface area contributed by atoms with E-state index in [9.17, 15) is 23.7 Å². The summed E-state index contributed by atoms with van der Waals surface area (Å²) in [6.45, 7) is 1.04. The molecule has 0 saturated heterocycles. The lowest BCUT2D eigenvalue weighted by Gasteiger charge is -2.00. The molecular formula is C8H5F2NO3. The Bertz CT molecular complexity index is 417. The maximum atomic E-state index is 12.9. The Hall–Kier alpha value is -1.85. The second-order valence-corrected chi connectivity index (χ2v) is 2.57. The van der Waals surface area contributed by atoms with E-state index in [-0.39, 0.29) is 0 Å². The highest BCUT2D eigenvalue weighted by molar-refractivity contribution is 5.98. The van der Waals surface area contributed by atoms with Crippen molar-refractivity contribution in [1.29, 1.82) is 0 Å². The first-order valence-electron chi connectivity index (χ1n) is 3.58. The van der Waals surface area contributed by atoms with E-state index in [0.29, 0.717) is 6.07 Å². The number of benzene rings is 1. The number of hydrogen-bond donors (Lipinski definition) is 0. The lowest BCUT2D eigenvalue weighted by molar-refractivity contribution is -0.388. The minimum Gasteiger partial charge on any atom is -0.294 e. The smallest absolute Gasteiger partial charge is 0.294 e. The lowest BCUT2D eigenvalue weighted by Crippen LogP contribution is -2.04. The number of nitrogens with zero attached hydrogens (tertiary/aromatic N) is 1. The minimum absolute atomic E-state index is 0.436. The Kier molecular flexibility index (Phi) is 2.55. The first kappa shape index (κ1) is 10.2. The van der Waals surface area contributed by atoms with Gasteiger partial charge in [0.25, 0.3) is 0 Å². The van der Waals surface area contributed by atoms with Crippen molar-refractivity contribution in [3.63, 3.8) is 0 Å². The van der Waals surface area contributed by atoms with E-state index >= 15 is 0 Å². The molecule has 0 fully saturated rings. The molecule has 0 aliphatic rings. The van der Waals surface area contributed by atoms with Crippen molar-refractivity contribution in [2.24, 2.45) is 0 Å². The molecule has 0 spiro atoms. The molecule has 4 nitrogen and oxygen atoms in total. The lowest BCUT2D eigenvalue weighted by atomic mass is 10.1. The molecule has 6 heteroatoms. The van der Waals surface area contributed by atoms with Crippen LogP contribution in [0.15, 0.2) is 12.1 Å². The molecule has 0 atom stereocenters. The average Bonchev–Trinajstić information content (AvgIpc) is 2.08. The Morgan fingerprint density at radius 3 is 2.43 bits per heavy atom. The fourth-order valence-corrected chi connectivity index (χ4v) is 1.00. The quantitative estimate of drug-likeness (QED) is 0.418. The van der Waals surface area contributed by atoms with Crippen LogP contribution in [0.4, 0.5) is 14.5 Å². The van der Waals surface area contributed by atoms with Gasteiger partial charge in [-0.3, -0.25) is 14.9 Å². The van der Waals surface area contributed by atoms with E-state index < -0.39 is 33.6 Å². The summed E-state index contributed by atoms with van der Waals surface area (Å²) >= 11 is 0. The van der Waals surface area contributed by atoms with Gasteiger partial charge in [-0.25, -0.2) is 4.39 Å². The molecule has 74 valence electrons. The molecule has 0 N–H and O–H groups in total. The van der Waals surface area contributed by atoms with Gasteiger partial charge in [0.15, 0.2) is 11.6 Å². The van der Waals surface area contributed by atoms with E-state index in [4.69, 9.17) is 0 Å². The third kappa shape index (κ3) is 1.59. The highest BCUT2D eigenvalue weighted by Crippen LogP contribution is 2.24. The summed E-state index contributed by atoms with van der Waals surface area (Å²) in [5, 5.41) is 10.3.